The molecule has 0 aromatic rings. The summed E-state index contributed by atoms with van der Waals surface area (Å²) in [7, 11) is 0. The molecule has 0 radical (unpaired) electrons. The predicted molar refractivity (Wildman–Crippen MR) is 61.4 cm³/mol. The maximum atomic E-state index is 10.5. The fourth-order valence-corrected chi connectivity index (χ4v) is 3.38. The molecule has 3 aliphatic rings. The first-order chi connectivity index (χ1) is 6.96. The van der Waals surface area contributed by atoms with Gasteiger partial charge in [0, 0.05) is 5.41 Å². The van der Waals surface area contributed by atoms with Crippen LogP contribution in [0.5, 0.6) is 0 Å². The molecule has 0 aromatic carbocycles. The van der Waals surface area contributed by atoms with Gasteiger partial charge in [-0.25, -0.2) is 0 Å². The summed E-state index contributed by atoms with van der Waals surface area (Å²) in [4.78, 5) is 0. The molecule has 0 bridgehead atoms. The van der Waals surface area contributed by atoms with Crippen LogP contribution in [0.1, 0.15) is 40.0 Å². The van der Waals surface area contributed by atoms with Crippen molar-refractivity contribution in [3.8, 4) is 0 Å². The first-order valence-electron chi connectivity index (χ1n) is 5.79. The molecule has 15 heavy (non-hydrogen) atoms. The van der Waals surface area contributed by atoms with Crippen molar-refractivity contribution in [3.63, 3.8) is 0 Å². The highest BCUT2D eigenvalue weighted by atomic mass is 16.3. The summed E-state index contributed by atoms with van der Waals surface area (Å²) in [5.74, 6) is 0. The molecule has 0 saturated heterocycles. The van der Waals surface area contributed by atoms with Crippen LogP contribution in [0.15, 0.2) is 34.4 Å². The molecular formula is C14H18O. The van der Waals surface area contributed by atoms with E-state index in [0.29, 0.717) is 0 Å². The summed E-state index contributed by atoms with van der Waals surface area (Å²) in [6, 6.07) is 0. The summed E-state index contributed by atoms with van der Waals surface area (Å²) in [6.45, 7) is 6.35. The lowest BCUT2D eigenvalue weighted by atomic mass is 9.72. The van der Waals surface area contributed by atoms with Crippen molar-refractivity contribution in [2.24, 2.45) is 5.41 Å². The topological polar surface area (TPSA) is 20.2 Å². The molecule has 1 spiro atoms. The summed E-state index contributed by atoms with van der Waals surface area (Å²) in [5.41, 5.74) is 5.05. The van der Waals surface area contributed by atoms with Crippen molar-refractivity contribution in [1.29, 1.82) is 0 Å². The van der Waals surface area contributed by atoms with E-state index in [1.54, 1.807) is 0 Å². The first-order valence-corrected chi connectivity index (χ1v) is 5.79. The SMILES string of the molecule is CC1=CC2=C(C)C3(CC3)[C@](C)(O)C=C2C1. The second kappa shape index (κ2) is 2.46. The Labute approximate surface area is 91.2 Å². The maximum absolute atomic E-state index is 10.5. The van der Waals surface area contributed by atoms with E-state index in [4.69, 9.17) is 0 Å². The average Bonchev–Trinajstić information content (AvgIpc) is 2.85. The minimum Gasteiger partial charge on any atom is -0.385 e. The molecule has 1 N–H and O–H groups in total. The zero-order valence-electron chi connectivity index (χ0n) is 9.72. The van der Waals surface area contributed by atoms with E-state index in [2.05, 4.69) is 26.0 Å². The largest absolute Gasteiger partial charge is 0.385 e. The van der Waals surface area contributed by atoms with Crippen LogP contribution in [-0.4, -0.2) is 10.7 Å². The van der Waals surface area contributed by atoms with E-state index < -0.39 is 5.60 Å². The number of aliphatic hydroxyl groups is 1. The van der Waals surface area contributed by atoms with E-state index in [1.165, 1.54) is 22.3 Å². The van der Waals surface area contributed by atoms with E-state index >= 15 is 0 Å². The molecule has 0 aliphatic heterocycles. The van der Waals surface area contributed by atoms with Crippen LogP contribution in [0.2, 0.25) is 0 Å². The number of allylic oxidation sites excluding steroid dienone is 4. The van der Waals surface area contributed by atoms with Gasteiger partial charge in [-0.3, -0.25) is 0 Å². The first kappa shape index (κ1) is 9.41. The van der Waals surface area contributed by atoms with Crippen molar-refractivity contribution in [2.75, 3.05) is 0 Å². The summed E-state index contributed by atoms with van der Waals surface area (Å²) >= 11 is 0. The van der Waals surface area contributed by atoms with Crippen molar-refractivity contribution >= 4 is 0 Å². The number of hydrogen-bond acceptors (Lipinski definition) is 1. The second-order valence-corrected chi connectivity index (χ2v) is 5.61. The van der Waals surface area contributed by atoms with E-state index in [-0.39, 0.29) is 5.41 Å². The minimum atomic E-state index is -0.617. The van der Waals surface area contributed by atoms with Gasteiger partial charge >= 0.3 is 0 Å². The fraction of sp³-hybridized carbons (Fsp3) is 0.571. The number of rotatable bonds is 0. The highest BCUT2D eigenvalue weighted by Gasteiger charge is 2.58. The van der Waals surface area contributed by atoms with E-state index in [1.807, 2.05) is 6.92 Å². The second-order valence-electron chi connectivity index (χ2n) is 5.61. The predicted octanol–water partition coefficient (Wildman–Crippen LogP) is 3.12. The molecule has 1 saturated carbocycles. The highest BCUT2D eigenvalue weighted by molar-refractivity contribution is 5.59. The third-order valence-electron chi connectivity index (χ3n) is 4.50. The standard InChI is InChI=1S/C14H18O/c1-9-6-11-8-13(3,15)14(4-5-14)10(2)12(11)7-9/h7-8,15H,4-6H2,1-3H3/t13-/m1/s1. The van der Waals surface area contributed by atoms with Crippen LogP contribution in [0, 0.1) is 5.41 Å². The summed E-state index contributed by atoms with van der Waals surface area (Å²) in [6.07, 6.45) is 7.72. The Balaban J connectivity index is 2.19. The molecule has 0 amide bonds. The Hall–Kier alpha value is -0.820. The van der Waals surface area contributed by atoms with E-state index in [9.17, 15) is 5.11 Å². The lowest BCUT2D eigenvalue weighted by Gasteiger charge is -2.37. The van der Waals surface area contributed by atoms with Crippen LogP contribution < -0.4 is 0 Å². The van der Waals surface area contributed by atoms with Gasteiger partial charge in [-0.2, -0.15) is 0 Å². The van der Waals surface area contributed by atoms with Gasteiger partial charge in [0.05, 0.1) is 5.60 Å². The van der Waals surface area contributed by atoms with Crippen LogP contribution in [-0.2, 0) is 0 Å². The molecule has 1 heteroatoms. The monoisotopic (exact) mass is 202 g/mol. The molecule has 0 aromatic heterocycles. The zero-order chi connectivity index (χ0) is 10.8. The molecule has 1 fully saturated rings. The Bertz CT molecular complexity index is 428. The van der Waals surface area contributed by atoms with Gasteiger partial charge in [0.25, 0.3) is 0 Å². The lowest BCUT2D eigenvalue weighted by Crippen LogP contribution is -2.38. The molecule has 80 valence electrons. The lowest BCUT2D eigenvalue weighted by molar-refractivity contribution is 0.0458. The van der Waals surface area contributed by atoms with Crippen LogP contribution >= 0.6 is 0 Å². The number of fused-ring (bicyclic) bond motifs is 1. The van der Waals surface area contributed by atoms with Gasteiger partial charge in [-0.1, -0.05) is 17.2 Å². The molecular weight excluding hydrogens is 184 g/mol. The molecule has 1 nitrogen and oxygen atoms in total. The molecule has 3 rings (SSSR count). The normalized spacial score (nSPS) is 36.5. The van der Waals surface area contributed by atoms with Crippen LogP contribution in [0.4, 0.5) is 0 Å². The molecule has 3 aliphatic carbocycles. The van der Waals surface area contributed by atoms with Gasteiger partial charge in [0.1, 0.15) is 0 Å². The Morgan fingerprint density at radius 3 is 2.53 bits per heavy atom. The summed E-state index contributed by atoms with van der Waals surface area (Å²) < 4.78 is 0. The third kappa shape index (κ3) is 1.02. The average molecular weight is 202 g/mol. The van der Waals surface area contributed by atoms with E-state index in [0.717, 1.165) is 19.3 Å². The van der Waals surface area contributed by atoms with Crippen molar-refractivity contribution in [1.82, 2.24) is 0 Å². The zero-order valence-corrected chi connectivity index (χ0v) is 9.72. The molecule has 0 unspecified atom stereocenters. The van der Waals surface area contributed by atoms with Gasteiger partial charge in [-0.15, -0.1) is 0 Å². The Morgan fingerprint density at radius 1 is 1.27 bits per heavy atom. The quantitative estimate of drug-likeness (QED) is 0.640. The Morgan fingerprint density at radius 2 is 1.93 bits per heavy atom. The smallest absolute Gasteiger partial charge is 0.0898 e. The highest BCUT2D eigenvalue weighted by Crippen LogP contribution is 2.63. The third-order valence-corrected chi connectivity index (χ3v) is 4.50. The van der Waals surface area contributed by atoms with Gasteiger partial charge in [0.15, 0.2) is 0 Å². The van der Waals surface area contributed by atoms with Gasteiger partial charge in [0.2, 0.25) is 0 Å². The van der Waals surface area contributed by atoms with Crippen molar-refractivity contribution in [3.05, 3.63) is 34.4 Å². The van der Waals surface area contributed by atoms with Gasteiger partial charge in [-0.05, 0) is 57.3 Å². The fourth-order valence-electron chi connectivity index (χ4n) is 3.38. The summed E-state index contributed by atoms with van der Waals surface area (Å²) in [5, 5.41) is 10.5. The Kier molecular flexibility index (Phi) is 1.54. The van der Waals surface area contributed by atoms with Gasteiger partial charge < -0.3 is 5.11 Å². The number of hydrogen-bond donors (Lipinski definition) is 1. The molecule has 0 heterocycles. The van der Waals surface area contributed by atoms with Crippen LogP contribution in [0.3, 0.4) is 0 Å². The van der Waals surface area contributed by atoms with Crippen molar-refractivity contribution < 1.29 is 5.11 Å². The van der Waals surface area contributed by atoms with Crippen molar-refractivity contribution in [2.45, 2.75) is 45.6 Å². The maximum Gasteiger partial charge on any atom is 0.0898 e. The minimum absolute atomic E-state index is 0.0763. The van der Waals surface area contributed by atoms with Crippen LogP contribution in [0.25, 0.3) is 0 Å². The molecule has 1 atom stereocenters.